The van der Waals surface area contributed by atoms with Crippen LogP contribution in [-0.4, -0.2) is 24.0 Å². The molecule has 2 N–H and O–H groups in total. The summed E-state index contributed by atoms with van der Waals surface area (Å²) in [4.78, 5) is 3.70. The molecule has 0 amide bonds. The van der Waals surface area contributed by atoms with Gasteiger partial charge in [0, 0.05) is 26.8 Å². The average molecular weight is 291 g/mol. The van der Waals surface area contributed by atoms with Crippen LogP contribution in [0.3, 0.4) is 0 Å². The van der Waals surface area contributed by atoms with Gasteiger partial charge in [0.2, 0.25) is 0 Å². The summed E-state index contributed by atoms with van der Waals surface area (Å²) in [5.41, 5.74) is 5.88. The highest BCUT2D eigenvalue weighted by atomic mass is 79.9. The zero-order valence-corrected chi connectivity index (χ0v) is 12.0. The van der Waals surface area contributed by atoms with E-state index >= 15 is 0 Å². The summed E-state index contributed by atoms with van der Waals surface area (Å²) in [6.07, 6.45) is 1.02. The van der Waals surface area contributed by atoms with Crippen molar-refractivity contribution in [3.8, 4) is 0 Å². The van der Waals surface area contributed by atoms with Gasteiger partial charge in [-0.1, -0.05) is 0 Å². The largest absolute Gasteiger partial charge is 0.326 e. The van der Waals surface area contributed by atoms with Crippen LogP contribution in [0.5, 0.6) is 0 Å². The Morgan fingerprint density at radius 1 is 1.53 bits per heavy atom. The van der Waals surface area contributed by atoms with Gasteiger partial charge in [0.25, 0.3) is 0 Å². The Bertz CT molecular complexity index is 304. The average Bonchev–Trinajstić information content (AvgIpc) is 2.47. The van der Waals surface area contributed by atoms with Crippen LogP contribution >= 0.6 is 27.3 Å². The highest BCUT2D eigenvalue weighted by Gasteiger charge is 2.12. The molecule has 1 rings (SSSR count). The van der Waals surface area contributed by atoms with E-state index in [2.05, 4.69) is 53.2 Å². The third-order valence-electron chi connectivity index (χ3n) is 2.19. The quantitative estimate of drug-likeness (QED) is 0.903. The number of hydrogen-bond acceptors (Lipinski definition) is 3. The van der Waals surface area contributed by atoms with E-state index in [9.17, 15) is 0 Å². The molecule has 1 aromatic rings. The van der Waals surface area contributed by atoms with Gasteiger partial charge in [-0.25, -0.2) is 0 Å². The standard InChI is InChI=1S/C11H19BrN2S/c1-11(2,13)4-5-14(3)7-10-6-9(12)8-15-10/h6,8H,4-5,7,13H2,1-3H3. The van der Waals surface area contributed by atoms with Gasteiger partial charge in [-0.05, 0) is 55.9 Å². The zero-order chi connectivity index (χ0) is 11.5. The molecule has 1 aromatic heterocycles. The second kappa shape index (κ2) is 5.43. The molecule has 0 fully saturated rings. The molecule has 15 heavy (non-hydrogen) atoms. The van der Waals surface area contributed by atoms with Crippen LogP contribution < -0.4 is 5.73 Å². The van der Waals surface area contributed by atoms with Gasteiger partial charge in [-0.15, -0.1) is 11.3 Å². The van der Waals surface area contributed by atoms with Crippen molar-refractivity contribution in [1.82, 2.24) is 4.90 Å². The van der Waals surface area contributed by atoms with Crippen molar-refractivity contribution in [3.05, 3.63) is 20.8 Å². The molecule has 0 aromatic carbocycles. The van der Waals surface area contributed by atoms with E-state index in [4.69, 9.17) is 5.73 Å². The van der Waals surface area contributed by atoms with Gasteiger partial charge >= 0.3 is 0 Å². The summed E-state index contributed by atoms with van der Waals surface area (Å²) in [5.74, 6) is 0. The molecule has 0 unspecified atom stereocenters. The number of halogens is 1. The maximum atomic E-state index is 5.95. The van der Waals surface area contributed by atoms with E-state index < -0.39 is 0 Å². The molecule has 0 saturated heterocycles. The Balaban J connectivity index is 2.33. The van der Waals surface area contributed by atoms with Crippen molar-refractivity contribution in [2.75, 3.05) is 13.6 Å². The molecule has 4 heteroatoms. The lowest BCUT2D eigenvalue weighted by molar-refractivity contribution is 0.291. The van der Waals surface area contributed by atoms with Crippen molar-refractivity contribution in [1.29, 1.82) is 0 Å². The molecular weight excluding hydrogens is 272 g/mol. The monoisotopic (exact) mass is 290 g/mol. The first-order chi connectivity index (χ1) is 6.87. The first-order valence-electron chi connectivity index (χ1n) is 5.07. The lowest BCUT2D eigenvalue weighted by Crippen LogP contribution is -2.36. The molecule has 0 aliphatic rings. The number of nitrogens with two attached hydrogens (primary N) is 1. The highest BCUT2D eigenvalue weighted by Crippen LogP contribution is 2.21. The Morgan fingerprint density at radius 3 is 2.67 bits per heavy atom. The molecule has 86 valence electrons. The molecule has 2 nitrogen and oxygen atoms in total. The van der Waals surface area contributed by atoms with Crippen LogP contribution in [0.2, 0.25) is 0 Å². The van der Waals surface area contributed by atoms with Gasteiger partial charge in [-0.2, -0.15) is 0 Å². The molecule has 0 atom stereocenters. The van der Waals surface area contributed by atoms with Gasteiger partial charge in [-0.3, -0.25) is 0 Å². The fraction of sp³-hybridized carbons (Fsp3) is 0.636. The second-order valence-corrected chi connectivity index (χ2v) is 6.62. The first kappa shape index (κ1) is 13.2. The maximum Gasteiger partial charge on any atom is 0.0325 e. The topological polar surface area (TPSA) is 29.3 Å². The fourth-order valence-corrected chi connectivity index (χ4v) is 2.79. The molecule has 0 bridgehead atoms. The van der Waals surface area contributed by atoms with Crippen LogP contribution in [0.25, 0.3) is 0 Å². The minimum absolute atomic E-state index is 0.0652. The second-order valence-electron chi connectivity index (χ2n) is 4.71. The maximum absolute atomic E-state index is 5.95. The highest BCUT2D eigenvalue weighted by molar-refractivity contribution is 9.10. The van der Waals surface area contributed by atoms with Crippen LogP contribution in [0.4, 0.5) is 0 Å². The molecule has 0 saturated carbocycles. The smallest absolute Gasteiger partial charge is 0.0325 e. The zero-order valence-electron chi connectivity index (χ0n) is 9.59. The van der Waals surface area contributed by atoms with E-state index in [0.717, 1.165) is 19.5 Å². The third kappa shape index (κ3) is 5.66. The molecular formula is C11H19BrN2S. The van der Waals surface area contributed by atoms with Crippen LogP contribution in [-0.2, 0) is 6.54 Å². The van der Waals surface area contributed by atoms with Crippen LogP contribution in [0, 0.1) is 0 Å². The summed E-state index contributed by atoms with van der Waals surface area (Å²) in [7, 11) is 2.14. The van der Waals surface area contributed by atoms with Crippen molar-refractivity contribution >= 4 is 27.3 Å². The fourth-order valence-electron chi connectivity index (χ4n) is 1.26. The van der Waals surface area contributed by atoms with E-state index in [1.807, 2.05) is 0 Å². The van der Waals surface area contributed by atoms with Crippen molar-refractivity contribution in [2.24, 2.45) is 5.73 Å². The Labute approximate surface area is 105 Å². The van der Waals surface area contributed by atoms with E-state index in [-0.39, 0.29) is 5.54 Å². The molecule has 1 heterocycles. The predicted molar refractivity (Wildman–Crippen MR) is 71.2 cm³/mol. The summed E-state index contributed by atoms with van der Waals surface area (Å²) in [6, 6.07) is 2.18. The van der Waals surface area contributed by atoms with Crippen molar-refractivity contribution < 1.29 is 0 Å². The van der Waals surface area contributed by atoms with E-state index in [1.165, 1.54) is 9.35 Å². The molecule has 0 aliphatic carbocycles. The first-order valence-corrected chi connectivity index (χ1v) is 6.74. The van der Waals surface area contributed by atoms with Crippen LogP contribution in [0.15, 0.2) is 15.9 Å². The number of rotatable bonds is 5. The minimum atomic E-state index is -0.0652. The van der Waals surface area contributed by atoms with Crippen molar-refractivity contribution in [2.45, 2.75) is 32.4 Å². The SMILES string of the molecule is CN(CCC(C)(C)N)Cc1cc(Br)cs1. The lowest BCUT2D eigenvalue weighted by atomic mass is 10.0. The summed E-state index contributed by atoms with van der Waals surface area (Å²) in [6.45, 7) is 6.19. The summed E-state index contributed by atoms with van der Waals surface area (Å²) in [5, 5.41) is 2.12. The Hall–Kier alpha value is 0.1000. The van der Waals surface area contributed by atoms with Crippen LogP contribution in [0.1, 0.15) is 25.1 Å². The van der Waals surface area contributed by atoms with Gasteiger partial charge in [0.1, 0.15) is 0 Å². The van der Waals surface area contributed by atoms with Gasteiger partial charge < -0.3 is 10.6 Å². The van der Waals surface area contributed by atoms with Gasteiger partial charge in [0.15, 0.2) is 0 Å². The normalized spacial score (nSPS) is 12.4. The Morgan fingerprint density at radius 2 is 2.20 bits per heavy atom. The van der Waals surface area contributed by atoms with Gasteiger partial charge in [0.05, 0.1) is 0 Å². The number of nitrogens with zero attached hydrogens (tertiary/aromatic N) is 1. The third-order valence-corrected chi connectivity index (χ3v) is 3.87. The molecule has 0 radical (unpaired) electrons. The number of thiophene rings is 1. The Kier molecular flexibility index (Phi) is 4.77. The van der Waals surface area contributed by atoms with Crippen molar-refractivity contribution in [3.63, 3.8) is 0 Å². The molecule has 0 aliphatic heterocycles. The van der Waals surface area contributed by atoms with E-state index in [0.29, 0.717) is 0 Å². The predicted octanol–water partition coefficient (Wildman–Crippen LogP) is 3.07. The number of hydrogen-bond donors (Lipinski definition) is 1. The van der Waals surface area contributed by atoms with E-state index in [1.54, 1.807) is 11.3 Å². The summed E-state index contributed by atoms with van der Waals surface area (Å²) >= 11 is 5.26. The lowest BCUT2D eigenvalue weighted by Gasteiger charge is -2.23. The minimum Gasteiger partial charge on any atom is -0.326 e. The molecule has 0 spiro atoms. The summed E-state index contributed by atoms with van der Waals surface area (Å²) < 4.78 is 1.18.